The smallest absolute Gasteiger partial charge is 0.263 e. The summed E-state index contributed by atoms with van der Waals surface area (Å²) in [5.41, 5.74) is 0.870. The summed E-state index contributed by atoms with van der Waals surface area (Å²) in [5.74, 6) is -2.82. The van der Waals surface area contributed by atoms with E-state index in [2.05, 4.69) is 22.0 Å². The molecule has 0 radical (unpaired) electrons. The van der Waals surface area contributed by atoms with E-state index < -0.39 is 33.2 Å². The molecule has 29 heavy (non-hydrogen) atoms. The number of sulfone groups is 1. The van der Waals surface area contributed by atoms with Gasteiger partial charge < -0.3 is 14.4 Å². The van der Waals surface area contributed by atoms with Crippen LogP contribution in [0, 0.1) is 6.92 Å². The summed E-state index contributed by atoms with van der Waals surface area (Å²) in [6.07, 6.45) is 1.66. The van der Waals surface area contributed by atoms with Crippen molar-refractivity contribution in [3.63, 3.8) is 0 Å². The Morgan fingerprint density at radius 3 is 2.79 bits per heavy atom. The van der Waals surface area contributed by atoms with Gasteiger partial charge in [-0.25, -0.2) is 8.42 Å². The highest BCUT2D eigenvalue weighted by Crippen LogP contribution is 2.16. The molecule has 2 heterocycles. The van der Waals surface area contributed by atoms with Crippen LogP contribution in [-0.2, 0) is 26.0 Å². The van der Waals surface area contributed by atoms with Crippen molar-refractivity contribution < 1.29 is 22.5 Å². The highest BCUT2D eigenvalue weighted by atomic mass is 32.2. The van der Waals surface area contributed by atoms with Crippen molar-refractivity contribution in [2.45, 2.75) is 13.5 Å². The first-order chi connectivity index (χ1) is 13.8. The number of para-hydroxylation sites is 1. The second-order valence-electron chi connectivity index (χ2n) is 6.16. The quantitative estimate of drug-likeness (QED) is 0.564. The molecule has 0 spiro atoms. The predicted octanol–water partition coefficient (Wildman–Crippen LogP) is 1.67. The Hall–Kier alpha value is -3.05. The summed E-state index contributed by atoms with van der Waals surface area (Å²) < 4.78 is 31.9. The van der Waals surface area contributed by atoms with Gasteiger partial charge in [0.1, 0.15) is 17.3 Å². The molecule has 0 fully saturated rings. The van der Waals surface area contributed by atoms with E-state index in [1.807, 2.05) is 24.3 Å². The molecule has 0 unspecified atom stereocenters. The lowest BCUT2D eigenvalue weighted by Crippen LogP contribution is -2.28. The van der Waals surface area contributed by atoms with Crippen LogP contribution in [0.15, 0.2) is 52.5 Å². The molecule has 2 aromatic heterocycles. The van der Waals surface area contributed by atoms with Gasteiger partial charge in [0, 0.05) is 12.6 Å². The molecular formula is C18H18N4O5S2. The summed E-state index contributed by atoms with van der Waals surface area (Å²) in [6, 6.07) is 8.94. The van der Waals surface area contributed by atoms with Crippen LogP contribution >= 0.6 is 11.3 Å². The Kier molecular flexibility index (Phi) is 6.09. The van der Waals surface area contributed by atoms with Gasteiger partial charge in [0.15, 0.2) is 20.5 Å². The highest BCUT2D eigenvalue weighted by molar-refractivity contribution is 7.92. The number of nitrogens with zero attached hydrogens (tertiary/aromatic N) is 3. The van der Waals surface area contributed by atoms with Crippen molar-refractivity contribution in [3.8, 4) is 0 Å². The molecule has 0 atom stereocenters. The summed E-state index contributed by atoms with van der Waals surface area (Å²) in [7, 11) is -4.01. The zero-order chi connectivity index (χ0) is 21.0. The Bertz CT molecular complexity index is 1250. The lowest BCUT2D eigenvalue weighted by molar-refractivity contribution is -0.115. The number of thiazole rings is 1. The molecular weight excluding hydrogens is 416 g/mol. The van der Waals surface area contributed by atoms with Crippen LogP contribution < -0.4 is 10.1 Å². The number of nitrogens with one attached hydrogen (secondary N) is 1. The number of allylic oxidation sites excluding steroid dienone is 1. The Labute approximate surface area is 170 Å². The zero-order valence-electron chi connectivity index (χ0n) is 15.5. The minimum absolute atomic E-state index is 0.106. The normalized spacial score (nSPS) is 12.2. The maximum atomic E-state index is 12.3. The number of aromatic nitrogens is 2. The summed E-state index contributed by atoms with van der Waals surface area (Å²) in [5, 5.41) is 5.86. The molecule has 152 valence electrons. The SMILES string of the molecule is C=CCn1c(=NC(=O)CS(=O)(=O)CC(=O)Nc2cc(C)on2)sc2ccccc21. The second-order valence-corrected chi connectivity index (χ2v) is 9.23. The number of amides is 2. The summed E-state index contributed by atoms with van der Waals surface area (Å²) >= 11 is 1.27. The first-order valence-electron chi connectivity index (χ1n) is 8.48. The third-order valence-corrected chi connectivity index (χ3v) is 6.16. The first kappa shape index (κ1) is 20.7. The molecule has 0 saturated heterocycles. The molecule has 0 saturated carbocycles. The fourth-order valence-electron chi connectivity index (χ4n) is 2.59. The molecule has 1 N–H and O–H groups in total. The standard InChI is InChI=1S/C18H18N4O5S2/c1-3-8-22-13-6-4-5-7-14(13)28-18(22)20-17(24)11-29(25,26)10-16(23)19-15-9-12(2)27-21-15/h3-7,9H,1,8,10-11H2,2H3,(H,19,21,23). The molecule has 0 aliphatic heterocycles. The number of hydrogen-bond donors (Lipinski definition) is 1. The third kappa shape index (κ3) is 5.27. The van der Waals surface area contributed by atoms with Crippen molar-refractivity contribution in [1.29, 1.82) is 0 Å². The molecule has 0 aliphatic rings. The van der Waals surface area contributed by atoms with Crippen LogP contribution in [0.4, 0.5) is 5.82 Å². The van der Waals surface area contributed by atoms with Crippen LogP contribution in [0.2, 0.25) is 0 Å². The lowest BCUT2D eigenvalue weighted by Gasteiger charge is -2.02. The van der Waals surface area contributed by atoms with Crippen molar-refractivity contribution in [2.24, 2.45) is 4.99 Å². The zero-order valence-corrected chi connectivity index (χ0v) is 17.1. The maximum Gasteiger partial charge on any atom is 0.263 e. The van der Waals surface area contributed by atoms with Gasteiger partial charge in [-0.2, -0.15) is 4.99 Å². The van der Waals surface area contributed by atoms with Gasteiger partial charge in [-0.1, -0.05) is 34.7 Å². The third-order valence-electron chi connectivity index (χ3n) is 3.71. The van der Waals surface area contributed by atoms with E-state index in [4.69, 9.17) is 4.52 Å². The van der Waals surface area contributed by atoms with E-state index in [1.165, 1.54) is 17.4 Å². The number of hydrogen-bond acceptors (Lipinski definition) is 7. The van der Waals surface area contributed by atoms with Crippen molar-refractivity contribution >= 4 is 49.0 Å². The second kappa shape index (κ2) is 8.53. The van der Waals surface area contributed by atoms with E-state index in [-0.39, 0.29) is 5.82 Å². The molecule has 3 aromatic rings. The van der Waals surface area contributed by atoms with Gasteiger partial charge in [0.25, 0.3) is 5.91 Å². The fourth-order valence-corrected chi connectivity index (χ4v) is 4.66. The maximum absolute atomic E-state index is 12.3. The van der Waals surface area contributed by atoms with Crippen molar-refractivity contribution in [2.75, 3.05) is 16.8 Å². The van der Waals surface area contributed by atoms with Gasteiger partial charge in [-0.05, 0) is 19.1 Å². The van der Waals surface area contributed by atoms with E-state index in [0.717, 1.165) is 10.2 Å². The van der Waals surface area contributed by atoms with Gasteiger partial charge in [-0.15, -0.1) is 6.58 Å². The average molecular weight is 434 g/mol. The average Bonchev–Trinajstić information content (AvgIpc) is 3.17. The number of anilines is 1. The van der Waals surface area contributed by atoms with Gasteiger partial charge >= 0.3 is 0 Å². The minimum atomic E-state index is -4.01. The van der Waals surface area contributed by atoms with E-state index in [9.17, 15) is 18.0 Å². The monoisotopic (exact) mass is 434 g/mol. The molecule has 0 aliphatic carbocycles. The molecule has 0 bridgehead atoms. The van der Waals surface area contributed by atoms with Crippen LogP contribution in [0.25, 0.3) is 10.2 Å². The van der Waals surface area contributed by atoms with Crippen LogP contribution in [0.1, 0.15) is 5.76 Å². The number of carbonyl (C=O) groups excluding carboxylic acids is 2. The summed E-state index contributed by atoms with van der Waals surface area (Å²) in [6.45, 7) is 5.75. The highest BCUT2D eigenvalue weighted by Gasteiger charge is 2.21. The number of fused-ring (bicyclic) bond motifs is 1. The molecule has 3 rings (SSSR count). The Morgan fingerprint density at radius 1 is 1.34 bits per heavy atom. The topological polar surface area (TPSA) is 124 Å². The molecule has 2 amide bonds. The van der Waals surface area contributed by atoms with Crippen LogP contribution in [0.3, 0.4) is 0 Å². The number of aryl methyl sites for hydroxylation is 1. The Balaban J connectivity index is 1.75. The number of carbonyl (C=O) groups is 2. The van der Waals surface area contributed by atoms with Gasteiger partial charge in [0.05, 0.1) is 10.2 Å². The van der Waals surface area contributed by atoms with E-state index >= 15 is 0 Å². The lowest BCUT2D eigenvalue weighted by atomic mass is 10.3. The molecule has 1 aromatic carbocycles. The molecule has 11 heteroatoms. The van der Waals surface area contributed by atoms with Crippen LogP contribution in [-0.4, -0.2) is 41.5 Å². The molecule has 9 nitrogen and oxygen atoms in total. The van der Waals surface area contributed by atoms with Crippen LogP contribution in [0.5, 0.6) is 0 Å². The van der Waals surface area contributed by atoms with Crippen molar-refractivity contribution in [3.05, 3.63) is 53.5 Å². The largest absolute Gasteiger partial charge is 0.360 e. The van der Waals surface area contributed by atoms with E-state index in [1.54, 1.807) is 17.6 Å². The first-order valence-corrected chi connectivity index (χ1v) is 11.1. The number of rotatable bonds is 7. The fraction of sp³-hybridized carbons (Fsp3) is 0.222. The summed E-state index contributed by atoms with van der Waals surface area (Å²) in [4.78, 5) is 28.5. The number of benzene rings is 1. The minimum Gasteiger partial charge on any atom is -0.360 e. The predicted molar refractivity (Wildman–Crippen MR) is 109 cm³/mol. The van der Waals surface area contributed by atoms with E-state index in [0.29, 0.717) is 17.1 Å². The Morgan fingerprint density at radius 2 is 2.10 bits per heavy atom. The van der Waals surface area contributed by atoms with Gasteiger partial charge in [0.2, 0.25) is 5.91 Å². The van der Waals surface area contributed by atoms with Gasteiger partial charge in [-0.3, -0.25) is 9.59 Å². The van der Waals surface area contributed by atoms with Crippen molar-refractivity contribution in [1.82, 2.24) is 9.72 Å².